The number of aliphatic carboxylic acids is 1. The number of hydrogen-bond acceptors (Lipinski definition) is 4. The molecule has 0 saturated carbocycles. The Labute approximate surface area is 126 Å². The first-order valence-corrected chi connectivity index (χ1v) is 7.10. The van der Waals surface area contributed by atoms with Crippen molar-refractivity contribution in [1.29, 1.82) is 0 Å². The van der Waals surface area contributed by atoms with Gasteiger partial charge < -0.3 is 10.8 Å². The van der Waals surface area contributed by atoms with Gasteiger partial charge in [0.15, 0.2) is 0 Å². The highest BCUT2D eigenvalue weighted by Crippen LogP contribution is 2.06. The van der Waals surface area contributed by atoms with E-state index in [9.17, 15) is 14.4 Å². The fourth-order valence-corrected chi connectivity index (χ4v) is 2.42. The van der Waals surface area contributed by atoms with E-state index in [1.165, 1.54) is 9.13 Å². The predicted molar refractivity (Wildman–Crippen MR) is 82.9 cm³/mol. The molecule has 1 atom stereocenters. The highest BCUT2D eigenvalue weighted by molar-refractivity contribution is 5.77. The molecule has 0 radical (unpaired) electrons. The van der Waals surface area contributed by atoms with Crippen molar-refractivity contribution in [3.63, 3.8) is 0 Å². The molecule has 0 spiro atoms. The monoisotopic (exact) mass is 305 g/mol. The first kappa shape index (κ1) is 16.0. The number of carbonyl (C=O) groups is 1. The lowest BCUT2D eigenvalue weighted by Crippen LogP contribution is -2.39. The number of nitrogens with zero attached hydrogens (tertiary/aromatic N) is 2. The van der Waals surface area contributed by atoms with E-state index in [0.717, 1.165) is 0 Å². The van der Waals surface area contributed by atoms with Gasteiger partial charge in [0.2, 0.25) is 0 Å². The fourth-order valence-electron chi connectivity index (χ4n) is 2.42. The predicted octanol–water partition coefficient (Wildman–Crippen LogP) is 0.282. The summed E-state index contributed by atoms with van der Waals surface area (Å²) in [4.78, 5) is 35.2. The van der Waals surface area contributed by atoms with Gasteiger partial charge in [0.1, 0.15) is 6.04 Å². The summed E-state index contributed by atoms with van der Waals surface area (Å²) in [6.45, 7) is 0.253. The van der Waals surface area contributed by atoms with Gasteiger partial charge in [-0.2, -0.15) is 0 Å². The third-order valence-electron chi connectivity index (χ3n) is 3.72. The fraction of sp³-hybridized carbons (Fsp3) is 0.400. The number of aromatic nitrogens is 2. The van der Waals surface area contributed by atoms with Gasteiger partial charge in [-0.3, -0.25) is 18.7 Å². The van der Waals surface area contributed by atoms with Crippen LogP contribution in [0.1, 0.15) is 19.3 Å². The minimum atomic E-state index is -1.04. The lowest BCUT2D eigenvalue weighted by Gasteiger charge is -2.11. The third kappa shape index (κ3) is 3.09. The van der Waals surface area contributed by atoms with Crippen molar-refractivity contribution in [2.45, 2.75) is 31.8 Å². The van der Waals surface area contributed by atoms with E-state index in [2.05, 4.69) is 0 Å². The number of carboxylic acids is 1. The zero-order valence-electron chi connectivity index (χ0n) is 12.4. The average Bonchev–Trinajstić information content (AvgIpc) is 2.51. The second-order valence-electron chi connectivity index (χ2n) is 5.26. The number of aryl methyl sites for hydroxylation is 1. The van der Waals surface area contributed by atoms with Gasteiger partial charge in [-0.1, -0.05) is 12.1 Å². The number of para-hydroxylation sites is 1. The number of fused-ring (bicyclic) bond motifs is 1. The van der Waals surface area contributed by atoms with Crippen molar-refractivity contribution in [3.8, 4) is 0 Å². The maximum absolute atomic E-state index is 12.4. The molecular weight excluding hydrogens is 286 g/mol. The van der Waals surface area contributed by atoms with Crippen molar-refractivity contribution in [2.24, 2.45) is 12.8 Å². The molecule has 7 heteroatoms. The molecule has 3 N–H and O–H groups in total. The first-order valence-electron chi connectivity index (χ1n) is 7.10. The van der Waals surface area contributed by atoms with E-state index in [0.29, 0.717) is 30.2 Å². The molecule has 7 nitrogen and oxygen atoms in total. The summed E-state index contributed by atoms with van der Waals surface area (Å²) in [5, 5.41) is 9.20. The smallest absolute Gasteiger partial charge is 0.331 e. The molecule has 0 fully saturated rings. The number of unbranched alkanes of at least 4 members (excludes halogenated alkanes) is 1. The lowest BCUT2D eigenvalue weighted by molar-refractivity contribution is -0.138. The Morgan fingerprint density at radius 3 is 2.64 bits per heavy atom. The summed E-state index contributed by atoms with van der Waals surface area (Å²) >= 11 is 0. The second-order valence-corrected chi connectivity index (χ2v) is 5.26. The minimum absolute atomic E-state index is 0.253. The van der Waals surface area contributed by atoms with E-state index in [4.69, 9.17) is 10.8 Å². The standard InChI is InChI=1S/C15H19N3O4/c1-17-12-8-3-2-6-10(12)13(19)18(15(17)22)9-5-4-7-11(16)14(20)21/h2-3,6,8,11H,4-5,7,9,16H2,1H3,(H,20,21). The number of hydrogen-bond donors (Lipinski definition) is 2. The van der Waals surface area contributed by atoms with Crippen molar-refractivity contribution in [2.75, 3.05) is 0 Å². The average molecular weight is 305 g/mol. The van der Waals surface area contributed by atoms with Crippen molar-refractivity contribution in [3.05, 3.63) is 45.1 Å². The van der Waals surface area contributed by atoms with Crippen LogP contribution in [0.3, 0.4) is 0 Å². The Kier molecular flexibility index (Phi) is 4.77. The summed E-state index contributed by atoms with van der Waals surface area (Å²) in [7, 11) is 1.63. The Hall–Kier alpha value is -2.41. The molecular formula is C15H19N3O4. The summed E-state index contributed by atoms with van der Waals surface area (Å²) in [5.74, 6) is -1.04. The van der Waals surface area contributed by atoms with E-state index in [-0.39, 0.29) is 17.8 Å². The highest BCUT2D eigenvalue weighted by atomic mass is 16.4. The van der Waals surface area contributed by atoms with Gasteiger partial charge >= 0.3 is 11.7 Å². The second kappa shape index (κ2) is 6.57. The van der Waals surface area contributed by atoms with Gasteiger partial charge in [0.05, 0.1) is 10.9 Å². The summed E-state index contributed by atoms with van der Waals surface area (Å²) in [6.07, 6.45) is 1.38. The number of rotatable bonds is 6. The molecule has 0 amide bonds. The quantitative estimate of drug-likeness (QED) is 0.745. The third-order valence-corrected chi connectivity index (χ3v) is 3.72. The first-order chi connectivity index (χ1) is 10.4. The van der Waals surface area contributed by atoms with Crippen LogP contribution in [0.25, 0.3) is 10.9 Å². The van der Waals surface area contributed by atoms with Crippen LogP contribution in [0.2, 0.25) is 0 Å². The summed E-state index contributed by atoms with van der Waals surface area (Å²) in [6, 6.07) is 6.04. The number of carboxylic acid groups (broad SMARTS) is 1. The van der Waals surface area contributed by atoms with Crippen LogP contribution in [0, 0.1) is 0 Å². The topological polar surface area (TPSA) is 107 Å². The number of nitrogens with two attached hydrogens (primary N) is 1. The molecule has 0 aliphatic carbocycles. The highest BCUT2D eigenvalue weighted by Gasteiger charge is 2.12. The zero-order chi connectivity index (χ0) is 16.3. The molecule has 22 heavy (non-hydrogen) atoms. The lowest BCUT2D eigenvalue weighted by atomic mass is 10.1. The van der Waals surface area contributed by atoms with Crippen LogP contribution in [0.15, 0.2) is 33.9 Å². The molecule has 1 heterocycles. The van der Waals surface area contributed by atoms with Gasteiger partial charge in [-0.05, 0) is 31.4 Å². The SMILES string of the molecule is Cn1c(=O)n(CCCCC(N)C(=O)O)c(=O)c2ccccc21. The van der Waals surface area contributed by atoms with Crippen LogP contribution < -0.4 is 17.0 Å². The molecule has 2 aromatic rings. The Bertz CT molecular complexity index is 807. The van der Waals surface area contributed by atoms with Gasteiger partial charge in [0, 0.05) is 13.6 Å². The Morgan fingerprint density at radius 1 is 1.27 bits per heavy atom. The molecule has 1 aromatic heterocycles. The van der Waals surface area contributed by atoms with Crippen molar-refractivity contribution < 1.29 is 9.90 Å². The maximum atomic E-state index is 12.4. The normalized spacial score (nSPS) is 12.5. The van der Waals surface area contributed by atoms with Gasteiger partial charge in [-0.25, -0.2) is 4.79 Å². The molecule has 2 rings (SSSR count). The maximum Gasteiger partial charge on any atom is 0.331 e. The van der Waals surface area contributed by atoms with Gasteiger partial charge in [0.25, 0.3) is 5.56 Å². The molecule has 0 bridgehead atoms. The molecule has 0 aliphatic rings. The van der Waals surface area contributed by atoms with Crippen LogP contribution >= 0.6 is 0 Å². The Morgan fingerprint density at radius 2 is 1.95 bits per heavy atom. The molecule has 118 valence electrons. The summed E-state index contributed by atoms with van der Waals surface area (Å²) in [5.41, 5.74) is 5.33. The van der Waals surface area contributed by atoms with Crippen LogP contribution in [-0.2, 0) is 18.4 Å². The van der Waals surface area contributed by atoms with Crippen LogP contribution in [0.5, 0.6) is 0 Å². The number of benzene rings is 1. The summed E-state index contributed by atoms with van der Waals surface area (Å²) < 4.78 is 2.63. The van der Waals surface area contributed by atoms with E-state index in [1.807, 2.05) is 0 Å². The van der Waals surface area contributed by atoms with Crippen molar-refractivity contribution >= 4 is 16.9 Å². The van der Waals surface area contributed by atoms with Crippen molar-refractivity contribution in [1.82, 2.24) is 9.13 Å². The molecule has 0 saturated heterocycles. The van der Waals surface area contributed by atoms with Crippen LogP contribution in [-0.4, -0.2) is 26.3 Å². The largest absolute Gasteiger partial charge is 0.480 e. The van der Waals surface area contributed by atoms with E-state index in [1.54, 1.807) is 31.3 Å². The minimum Gasteiger partial charge on any atom is -0.480 e. The van der Waals surface area contributed by atoms with Gasteiger partial charge in [-0.15, -0.1) is 0 Å². The van der Waals surface area contributed by atoms with E-state index >= 15 is 0 Å². The zero-order valence-corrected chi connectivity index (χ0v) is 12.4. The molecule has 0 aliphatic heterocycles. The molecule has 1 unspecified atom stereocenters. The van der Waals surface area contributed by atoms with E-state index < -0.39 is 12.0 Å². The van der Waals surface area contributed by atoms with Crippen LogP contribution in [0.4, 0.5) is 0 Å². The Balaban J connectivity index is 2.20. The molecule has 1 aromatic carbocycles.